The first kappa shape index (κ1) is 15.0. The van der Waals surface area contributed by atoms with Gasteiger partial charge in [-0.05, 0) is 12.1 Å². The summed E-state index contributed by atoms with van der Waals surface area (Å²) in [4.78, 5) is 15.4. The van der Waals surface area contributed by atoms with Gasteiger partial charge in [-0.25, -0.2) is 8.42 Å². The molecule has 1 amide bonds. The third kappa shape index (κ3) is 3.40. The molecular weight excluding hydrogens is 294 g/mol. The molecule has 0 saturated carbocycles. The summed E-state index contributed by atoms with van der Waals surface area (Å²) in [6.45, 7) is 0.164. The van der Waals surface area contributed by atoms with E-state index in [1.54, 1.807) is 18.2 Å². The molecule has 21 heavy (non-hydrogen) atoms. The fraction of sp³-hybridized carbons (Fsp3) is 0.231. The highest BCUT2D eigenvalue weighted by Gasteiger charge is 2.21. The minimum Gasteiger partial charge on any atom is -0.491 e. The van der Waals surface area contributed by atoms with Gasteiger partial charge in [-0.1, -0.05) is 12.1 Å². The van der Waals surface area contributed by atoms with Crippen LogP contribution in [-0.2, 0) is 14.6 Å². The summed E-state index contributed by atoms with van der Waals surface area (Å²) in [5.41, 5.74) is 11.2. The zero-order valence-corrected chi connectivity index (χ0v) is 12.2. The number of sulfone groups is 1. The lowest BCUT2D eigenvalue weighted by atomic mass is 10.1. The highest BCUT2D eigenvalue weighted by Crippen LogP contribution is 2.32. The first-order chi connectivity index (χ1) is 9.79. The number of hydrogen-bond donors (Lipinski definition) is 2. The molecule has 0 spiro atoms. The van der Waals surface area contributed by atoms with E-state index in [1.807, 2.05) is 0 Å². The van der Waals surface area contributed by atoms with Crippen LogP contribution in [0.25, 0.3) is 6.08 Å². The Morgan fingerprint density at radius 1 is 1.33 bits per heavy atom. The van der Waals surface area contributed by atoms with Crippen molar-refractivity contribution in [2.45, 2.75) is 11.3 Å². The van der Waals surface area contributed by atoms with Crippen LogP contribution in [0.15, 0.2) is 33.7 Å². The maximum Gasteiger partial charge on any atom is 0.276 e. The summed E-state index contributed by atoms with van der Waals surface area (Å²) < 4.78 is 29.0. The maximum atomic E-state index is 11.9. The molecular formula is C13H15N3O4S. The van der Waals surface area contributed by atoms with Gasteiger partial charge in [-0.15, -0.1) is 0 Å². The molecule has 1 heterocycles. The van der Waals surface area contributed by atoms with Crippen LogP contribution in [0, 0.1) is 0 Å². The summed E-state index contributed by atoms with van der Waals surface area (Å²) in [6.07, 6.45) is 2.94. The molecule has 0 atom stereocenters. The van der Waals surface area contributed by atoms with Crippen molar-refractivity contribution < 1.29 is 17.9 Å². The minimum atomic E-state index is -3.42. The van der Waals surface area contributed by atoms with Crippen molar-refractivity contribution in [3.8, 4) is 5.75 Å². The van der Waals surface area contributed by atoms with Crippen molar-refractivity contribution in [1.29, 1.82) is 0 Å². The fourth-order valence-electron chi connectivity index (χ4n) is 1.97. The van der Waals surface area contributed by atoms with Crippen molar-refractivity contribution in [3.05, 3.63) is 29.3 Å². The number of fused-ring (bicyclic) bond motifs is 1. The van der Waals surface area contributed by atoms with Gasteiger partial charge < -0.3 is 16.2 Å². The molecule has 0 aliphatic carbocycles. The molecule has 0 fully saturated rings. The molecule has 4 N–H and O–H groups in total. The quantitative estimate of drug-likeness (QED) is 0.587. The molecule has 0 aromatic heterocycles. The van der Waals surface area contributed by atoms with Gasteiger partial charge in [0.25, 0.3) is 5.91 Å². The van der Waals surface area contributed by atoms with Crippen molar-refractivity contribution in [3.63, 3.8) is 0 Å². The number of guanidine groups is 1. The standard InChI is InChI=1S/C13H15N3O4S/c1-21(18,19)10-4-2-3-8-7-9(5-6-20-11(8)10)12(17)16-13(14)15/h2-4,7H,5-6H2,1H3,(H4,14,15,16,17). The van der Waals surface area contributed by atoms with E-state index < -0.39 is 15.7 Å². The first-order valence-electron chi connectivity index (χ1n) is 6.09. The van der Waals surface area contributed by atoms with Gasteiger partial charge in [0, 0.05) is 23.8 Å². The fourth-order valence-corrected chi connectivity index (χ4v) is 2.81. The Morgan fingerprint density at radius 3 is 2.67 bits per heavy atom. The Labute approximate surface area is 122 Å². The Balaban J connectivity index is 2.53. The van der Waals surface area contributed by atoms with Crippen LogP contribution in [-0.4, -0.2) is 33.1 Å². The van der Waals surface area contributed by atoms with Crippen molar-refractivity contribution in [1.82, 2.24) is 0 Å². The average molecular weight is 309 g/mol. The topological polar surface area (TPSA) is 125 Å². The summed E-state index contributed by atoms with van der Waals surface area (Å²) >= 11 is 0. The number of carbonyl (C=O) groups excluding carboxylic acids is 1. The van der Waals surface area contributed by atoms with Crippen LogP contribution < -0.4 is 16.2 Å². The van der Waals surface area contributed by atoms with Crippen LogP contribution in [0.4, 0.5) is 0 Å². The largest absolute Gasteiger partial charge is 0.491 e. The molecule has 0 radical (unpaired) electrons. The van der Waals surface area contributed by atoms with Crippen LogP contribution in [0.2, 0.25) is 0 Å². The van der Waals surface area contributed by atoms with Gasteiger partial charge >= 0.3 is 0 Å². The monoisotopic (exact) mass is 309 g/mol. The third-order valence-electron chi connectivity index (χ3n) is 2.86. The Hall–Kier alpha value is -2.35. The number of rotatable bonds is 2. The highest BCUT2D eigenvalue weighted by molar-refractivity contribution is 7.90. The number of nitrogens with zero attached hydrogens (tertiary/aromatic N) is 1. The second-order valence-corrected chi connectivity index (χ2v) is 6.54. The van der Waals surface area contributed by atoms with E-state index in [0.29, 0.717) is 11.1 Å². The number of nitrogens with two attached hydrogens (primary N) is 2. The summed E-state index contributed by atoms with van der Waals surface area (Å²) in [7, 11) is -3.42. The molecule has 8 heteroatoms. The van der Waals surface area contributed by atoms with Gasteiger partial charge in [-0.3, -0.25) is 4.79 Å². The number of hydrogen-bond acceptors (Lipinski definition) is 4. The van der Waals surface area contributed by atoms with E-state index in [4.69, 9.17) is 16.2 Å². The first-order valence-corrected chi connectivity index (χ1v) is 7.98. The van der Waals surface area contributed by atoms with Gasteiger partial charge in [0.05, 0.1) is 6.61 Å². The zero-order chi connectivity index (χ0) is 15.6. The molecule has 1 aromatic carbocycles. The van der Waals surface area contributed by atoms with Crippen molar-refractivity contribution >= 4 is 27.8 Å². The molecule has 1 aliphatic heterocycles. The van der Waals surface area contributed by atoms with E-state index in [0.717, 1.165) is 6.26 Å². The number of benzene rings is 1. The predicted octanol–water partition coefficient (Wildman–Crippen LogP) is 0.0560. The summed E-state index contributed by atoms with van der Waals surface area (Å²) in [6, 6.07) is 4.71. The Kier molecular flexibility index (Phi) is 3.99. The predicted molar refractivity (Wildman–Crippen MR) is 78.5 cm³/mol. The summed E-state index contributed by atoms with van der Waals surface area (Å²) in [5.74, 6) is -0.639. The van der Waals surface area contributed by atoms with Crippen molar-refractivity contribution in [2.75, 3.05) is 12.9 Å². The number of aliphatic imine (C=N–C) groups is 1. The molecule has 1 aromatic rings. The SMILES string of the molecule is CS(=O)(=O)c1cccc2c1OCCC(C(=O)N=C(N)N)=C2. The summed E-state index contributed by atoms with van der Waals surface area (Å²) in [5, 5.41) is 0. The smallest absolute Gasteiger partial charge is 0.276 e. The van der Waals surface area contributed by atoms with E-state index in [-0.39, 0.29) is 29.6 Å². The molecule has 1 aliphatic rings. The Morgan fingerprint density at radius 2 is 2.05 bits per heavy atom. The lowest BCUT2D eigenvalue weighted by Crippen LogP contribution is -2.24. The second kappa shape index (κ2) is 5.57. The van der Waals surface area contributed by atoms with Crippen LogP contribution >= 0.6 is 0 Å². The number of ether oxygens (including phenoxy) is 1. The zero-order valence-electron chi connectivity index (χ0n) is 11.4. The maximum absolute atomic E-state index is 11.9. The number of amides is 1. The second-order valence-electron chi connectivity index (χ2n) is 4.56. The van der Waals surface area contributed by atoms with Gasteiger partial charge in [0.1, 0.15) is 10.6 Å². The Bertz CT molecular complexity index is 747. The molecule has 2 rings (SSSR count). The molecule has 0 bridgehead atoms. The van der Waals surface area contributed by atoms with E-state index in [9.17, 15) is 13.2 Å². The van der Waals surface area contributed by atoms with E-state index in [2.05, 4.69) is 4.99 Å². The molecule has 112 valence electrons. The van der Waals surface area contributed by atoms with Crippen molar-refractivity contribution in [2.24, 2.45) is 16.5 Å². The van der Waals surface area contributed by atoms with E-state index in [1.165, 1.54) is 6.07 Å². The van der Waals surface area contributed by atoms with Crippen LogP contribution in [0.1, 0.15) is 12.0 Å². The highest BCUT2D eigenvalue weighted by atomic mass is 32.2. The molecule has 7 nitrogen and oxygen atoms in total. The average Bonchev–Trinajstić information content (AvgIpc) is 2.58. The minimum absolute atomic E-state index is 0.0896. The van der Waals surface area contributed by atoms with Crippen LogP contribution in [0.3, 0.4) is 0 Å². The van der Waals surface area contributed by atoms with E-state index >= 15 is 0 Å². The lowest BCUT2D eigenvalue weighted by Gasteiger charge is -2.10. The lowest BCUT2D eigenvalue weighted by molar-refractivity contribution is -0.114. The third-order valence-corrected chi connectivity index (χ3v) is 3.98. The number of para-hydroxylation sites is 1. The van der Waals surface area contributed by atoms with Crippen LogP contribution in [0.5, 0.6) is 5.75 Å². The normalized spacial score (nSPS) is 14.2. The number of carbonyl (C=O) groups is 1. The van der Waals surface area contributed by atoms with Gasteiger partial charge in [0.2, 0.25) is 0 Å². The van der Waals surface area contributed by atoms with Gasteiger partial charge in [-0.2, -0.15) is 4.99 Å². The molecule has 0 unspecified atom stereocenters. The van der Waals surface area contributed by atoms with Gasteiger partial charge in [0.15, 0.2) is 15.8 Å². The molecule has 0 saturated heterocycles.